The Kier molecular flexibility index (Phi) is 4.83. The van der Waals surface area contributed by atoms with Crippen molar-refractivity contribution in [3.8, 4) is 0 Å². The fraction of sp³-hybridized carbons (Fsp3) is 0.158. The molecular formula is C19H19N3S. The van der Waals surface area contributed by atoms with Gasteiger partial charge in [0.15, 0.2) is 0 Å². The van der Waals surface area contributed by atoms with Crippen LogP contribution in [-0.2, 0) is 6.54 Å². The lowest BCUT2D eigenvalue weighted by molar-refractivity contribution is 0.787. The average Bonchev–Trinajstić information content (AvgIpc) is 2.93. The maximum atomic E-state index is 4.70. The molecular weight excluding hydrogens is 302 g/mol. The molecule has 23 heavy (non-hydrogen) atoms. The number of aryl methyl sites for hydroxylation is 2. The fourth-order valence-electron chi connectivity index (χ4n) is 2.23. The minimum atomic E-state index is 0.667. The van der Waals surface area contributed by atoms with Crippen molar-refractivity contribution < 1.29 is 0 Å². The minimum Gasteiger partial charge on any atom is -0.253 e. The molecule has 0 saturated carbocycles. The van der Waals surface area contributed by atoms with E-state index in [0.29, 0.717) is 6.54 Å². The highest BCUT2D eigenvalue weighted by molar-refractivity contribution is 7.07. The fourth-order valence-corrected chi connectivity index (χ4v) is 3.03. The van der Waals surface area contributed by atoms with E-state index >= 15 is 0 Å². The van der Waals surface area contributed by atoms with Gasteiger partial charge in [-0.05, 0) is 30.5 Å². The first-order valence-electron chi connectivity index (χ1n) is 7.55. The van der Waals surface area contributed by atoms with Crippen molar-refractivity contribution in [1.29, 1.82) is 0 Å². The molecule has 0 aliphatic heterocycles. The maximum absolute atomic E-state index is 4.70. The summed E-state index contributed by atoms with van der Waals surface area (Å²) in [5.74, 6) is 0. The van der Waals surface area contributed by atoms with Gasteiger partial charge in [0.2, 0.25) is 4.80 Å². The minimum absolute atomic E-state index is 0.667. The SMILES string of the molecule is Cc1ccccc1C=Nn1c(C)csc1=NCc1ccccc1. The molecule has 0 spiro atoms. The average molecular weight is 321 g/mol. The molecule has 0 aliphatic rings. The summed E-state index contributed by atoms with van der Waals surface area (Å²) in [5, 5.41) is 6.70. The van der Waals surface area contributed by atoms with Gasteiger partial charge in [0, 0.05) is 5.38 Å². The van der Waals surface area contributed by atoms with Crippen LogP contribution in [0.3, 0.4) is 0 Å². The molecule has 3 nitrogen and oxygen atoms in total. The van der Waals surface area contributed by atoms with E-state index in [-0.39, 0.29) is 0 Å². The molecule has 2 aromatic carbocycles. The smallest absolute Gasteiger partial charge is 0.206 e. The Bertz CT molecular complexity index is 873. The third-order valence-corrected chi connectivity index (χ3v) is 4.56. The summed E-state index contributed by atoms with van der Waals surface area (Å²) in [4.78, 5) is 5.61. The van der Waals surface area contributed by atoms with Crippen LogP contribution in [-0.4, -0.2) is 10.9 Å². The van der Waals surface area contributed by atoms with Gasteiger partial charge in [-0.1, -0.05) is 54.6 Å². The second kappa shape index (κ2) is 7.20. The highest BCUT2D eigenvalue weighted by Gasteiger charge is 2.00. The largest absolute Gasteiger partial charge is 0.253 e. The van der Waals surface area contributed by atoms with Gasteiger partial charge in [0.1, 0.15) is 0 Å². The molecule has 0 amide bonds. The number of hydrogen-bond donors (Lipinski definition) is 0. The first kappa shape index (κ1) is 15.4. The lowest BCUT2D eigenvalue weighted by atomic mass is 10.1. The van der Waals surface area contributed by atoms with E-state index in [1.807, 2.05) is 48.1 Å². The predicted molar refractivity (Wildman–Crippen MR) is 96.9 cm³/mol. The molecule has 0 fully saturated rings. The van der Waals surface area contributed by atoms with Crippen molar-refractivity contribution in [3.63, 3.8) is 0 Å². The summed E-state index contributed by atoms with van der Waals surface area (Å²) in [7, 11) is 0. The molecule has 0 aliphatic carbocycles. The zero-order chi connectivity index (χ0) is 16.1. The summed E-state index contributed by atoms with van der Waals surface area (Å²) in [5.41, 5.74) is 4.63. The molecule has 0 atom stereocenters. The lowest BCUT2D eigenvalue weighted by Gasteiger charge is -2.00. The van der Waals surface area contributed by atoms with Crippen molar-refractivity contribution in [2.45, 2.75) is 20.4 Å². The molecule has 0 unspecified atom stereocenters. The van der Waals surface area contributed by atoms with Gasteiger partial charge in [-0.2, -0.15) is 5.10 Å². The summed E-state index contributed by atoms with van der Waals surface area (Å²) >= 11 is 1.62. The molecule has 3 aromatic rings. The van der Waals surface area contributed by atoms with Crippen LogP contribution in [0, 0.1) is 13.8 Å². The van der Waals surface area contributed by atoms with E-state index in [1.54, 1.807) is 11.3 Å². The number of thiazole rings is 1. The summed E-state index contributed by atoms with van der Waals surface area (Å²) < 4.78 is 1.90. The summed E-state index contributed by atoms with van der Waals surface area (Å²) in [6.45, 7) is 4.81. The van der Waals surface area contributed by atoms with Gasteiger partial charge in [0.25, 0.3) is 0 Å². The number of benzene rings is 2. The number of rotatable bonds is 4. The quantitative estimate of drug-likeness (QED) is 0.646. The highest BCUT2D eigenvalue weighted by Crippen LogP contribution is 2.06. The zero-order valence-electron chi connectivity index (χ0n) is 13.3. The Morgan fingerprint density at radius 1 is 1.00 bits per heavy atom. The van der Waals surface area contributed by atoms with Gasteiger partial charge in [-0.25, -0.2) is 4.68 Å². The van der Waals surface area contributed by atoms with Gasteiger partial charge in [-0.3, -0.25) is 4.99 Å². The number of aromatic nitrogens is 1. The molecule has 116 valence electrons. The van der Waals surface area contributed by atoms with E-state index in [0.717, 1.165) is 16.1 Å². The van der Waals surface area contributed by atoms with E-state index in [4.69, 9.17) is 4.99 Å². The van der Waals surface area contributed by atoms with E-state index < -0.39 is 0 Å². The van der Waals surface area contributed by atoms with Gasteiger partial charge in [-0.15, -0.1) is 11.3 Å². The van der Waals surface area contributed by atoms with Gasteiger partial charge in [0.05, 0.1) is 18.5 Å². The van der Waals surface area contributed by atoms with E-state index in [9.17, 15) is 0 Å². The Labute approximate surface area is 140 Å². The van der Waals surface area contributed by atoms with Gasteiger partial charge >= 0.3 is 0 Å². The normalized spacial score (nSPS) is 12.2. The lowest BCUT2D eigenvalue weighted by Crippen LogP contribution is -2.12. The molecule has 1 aromatic heterocycles. The maximum Gasteiger partial charge on any atom is 0.206 e. The summed E-state index contributed by atoms with van der Waals surface area (Å²) in [6.07, 6.45) is 1.90. The molecule has 3 rings (SSSR count). The number of hydrogen-bond acceptors (Lipinski definition) is 3. The first-order valence-corrected chi connectivity index (χ1v) is 8.43. The first-order chi connectivity index (χ1) is 11.2. The van der Waals surface area contributed by atoms with Crippen molar-refractivity contribution in [2.24, 2.45) is 10.1 Å². The second-order valence-electron chi connectivity index (χ2n) is 5.37. The highest BCUT2D eigenvalue weighted by atomic mass is 32.1. The van der Waals surface area contributed by atoms with Crippen LogP contribution in [0.15, 0.2) is 70.1 Å². The molecule has 0 radical (unpaired) electrons. The number of nitrogens with zero attached hydrogens (tertiary/aromatic N) is 3. The van der Waals surface area contributed by atoms with Crippen LogP contribution in [0.1, 0.15) is 22.4 Å². The van der Waals surface area contributed by atoms with Crippen LogP contribution >= 0.6 is 11.3 Å². The predicted octanol–water partition coefficient (Wildman–Crippen LogP) is 4.15. The van der Waals surface area contributed by atoms with Crippen LogP contribution in [0.25, 0.3) is 0 Å². The van der Waals surface area contributed by atoms with Gasteiger partial charge < -0.3 is 0 Å². The zero-order valence-corrected chi connectivity index (χ0v) is 14.1. The Hall–Kier alpha value is -2.46. The molecule has 0 saturated heterocycles. The Morgan fingerprint density at radius 3 is 2.52 bits per heavy atom. The van der Waals surface area contributed by atoms with Crippen LogP contribution < -0.4 is 4.80 Å². The third-order valence-electron chi connectivity index (χ3n) is 3.59. The van der Waals surface area contributed by atoms with Crippen molar-refractivity contribution in [2.75, 3.05) is 0 Å². The summed E-state index contributed by atoms with van der Waals surface area (Å²) in [6, 6.07) is 18.5. The van der Waals surface area contributed by atoms with Crippen molar-refractivity contribution >= 4 is 17.6 Å². The molecule has 0 N–H and O–H groups in total. The molecule has 4 heteroatoms. The van der Waals surface area contributed by atoms with Crippen LogP contribution in [0.5, 0.6) is 0 Å². The standard InChI is InChI=1S/C19H19N3S/c1-15-8-6-7-11-18(15)13-21-22-16(2)14-23-19(22)20-12-17-9-4-3-5-10-17/h3-11,13-14H,12H2,1-2H3. The van der Waals surface area contributed by atoms with E-state index in [1.165, 1.54) is 11.1 Å². The molecule has 0 bridgehead atoms. The Balaban J connectivity index is 1.89. The Morgan fingerprint density at radius 2 is 1.74 bits per heavy atom. The van der Waals surface area contributed by atoms with Crippen LogP contribution in [0.2, 0.25) is 0 Å². The monoisotopic (exact) mass is 321 g/mol. The topological polar surface area (TPSA) is 29.6 Å². The van der Waals surface area contributed by atoms with Crippen molar-refractivity contribution in [3.05, 3.63) is 87.2 Å². The molecule has 1 heterocycles. The van der Waals surface area contributed by atoms with Crippen LogP contribution in [0.4, 0.5) is 0 Å². The second-order valence-corrected chi connectivity index (χ2v) is 6.21. The third kappa shape index (κ3) is 3.85. The van der Waals surface area contributed by atoms with Crippen molar-refractivity contribution in [1.82, 2.24) is 4.68 Å². The van der Waals surface area contributed by atoms with E-state index in [2.05, 4.69) is 41.7 Å².